The number of rotatable bonds is 5. The van der Waals surface area contributed by atoms with Gasteiger partial charge in [-0.05, 0) is 84.9 Å². The van der Waals surface area contributed by atoms with E-state index in [9.17, 15) is 0 Å². The Morgan fingerprint density at radius 3 is 1.02 bits per heavy atom. The van der Waals surface area contributed by atoms with Gasteiger partial charge in [-0.2, -0.15) is 0 Å². The van der Waals surface area contributed by atoms with E-state index >= 15 is 0 Å². The summed E-state index contributed by atoms with van der Waals surface area (Å²) in [5.74, 6) is 1.97. The molecule has 1 aromatic heterocycles. The van der Waals surface area contributed by atoms with Crippen LogP contribution >= 0.6 is 0 Å². The normalized spacial score (nSPS) is 11.3. The van der Waals surface area contributed by atoms with Gasteiger partial charge >= 0.3 is 0 Å². The average molecular weight is 612 g/mol. The maximum absolute atomic E-state index is 5.01. The van der Waals surface area contributed by atoms with Crippen molar-refractivity contribution in [2.75, 3.05) is 0 Å². The Morgan fingerprint density at radius 1 is 0.208 bits per heavy atom. The van der Waals surface area contributed by atoms with E-state index in [1.807, 2.05) is 30.3 Å². The molecule has 9 aromatic rings. The minimum Gasteiger partial charge on any atom is -0.208 e. The highest BCUT2D eigenvalue weighted by atomic mass is 15.0. The first kappa shape index (κ1) is 27.8. The van der Waals surface area contributed by atoms with Crippen LogP contribution in [0, 0.1) is 0 Å². The van der Waals surface area contributed by atoms with Crippen molar-refractivity contribution >= 4 is 32.3 Å². The fraction of sp³-hybridized carbons (Fsp3) is 0. The summed E-state index contributed by atoms with van der Waals surface area (Å²) in [6.07, 6.45) is 0. The first-order chi connectivity index (χ1) is 23.7. The van der Waals surface area contributed by atoms with Gasteiger partial charge < -0.3 is 0 Å². The van der Waals surface area contributed by atoms with Gasteiger partial charge in [0, 0.05) is 16.7 Å². The molecule has 0 atom stereocenters. The van der Waals surface area contributed by atoms with Crippen LogP contribution in [0.1, 0.15) is 0 Å². The van der Waals surface area contributed by atoms with E-state index in [1.165, 1.54) is 43.8 Å². The van der Waals surface area contributed by atoms with E-state index in [1.54, 1.807) is 0 Å². The average Bonchev–Trinajstić information content (AvgIpc) is 3.17. The van der Waals surface area contributed by atoms with Crippen LogP contribution in [0.2, 0.25) is 0 Å². The Labute approximate surface area is 278 Å². The third-order valence-corrected chi connectivity index (χ3v) is 9.05. The van der Waals surface area contributed by atoms with Crippen molar-refractivity contribution in [2.45, 2.75) is 0 Å². The molecule has 48 heavy (non-hydrogen) atoms. The molecule has 3 nitrogen and oxygen atoms in total. The summed E-state index contributed by atoms with van der Waals surface area (Å²) >= 11 is 0. The third kappa shape index (κ3) is 5.28. The van der Waals surface area contributed by atoms with Crippen molar-refractivity contribution in [1.82, 2.24) is 15.0 Å². The van der Waals surface area contributed by atoms with Crippen LogP contribution in [0.15, 0.2) is 176 Å². The van der Waals surface area contributed by atoms with Crippen molar-refractivity contribution in [3.63, 3.8) is 0 Å². The summed E-state index contributed by atoms with van der Waals surface area (Å²) in [4.78, 5) is 14.9. The smallest absolute Gasteiger partial charge is 0.164 e. The summed E-state index contributed by atoms with van der Waals surface area (Å²) < 4.78 is 0. The van der Waals surface area contributed by atoms with E-state index in [-0.39, 0.29) is 0 Å². The number of aromatic nitrogens is 3. The molecule has 0 aliphatic heterocycles. The van der Waals surface area contributed by atoms with Crippen LogP contribution in [0.5, 0.6) is 0 Å². The first-order valence-corrected chi connectivity index (χ1v) is 16.2. The molecule has 1 heterocycles. The maximum Gasteiger partial charge on any atom is 0.164 e. The van der Waals surface area contributed by atoms with E-state index < -0.39 is 0 Å². The molecule has 9 rings (SSSR count). The molecule has 0 aliphatic rings. The topological polar surface area (TPSA) is 38.7 Å². The molecular weight excluding hydrogens is 583 g/mol. The van der Waals surface area contributed by atoms with E-state index in [4.69, 9.17) is 15.0 Å². The molecule has 224 valence electrons. The highest BCUT2D eigenvalue weighted by molar-refractivity contribution is 5.94. The lowest BCUT2D eigenvalue weighted by Gasteiger charge is -2.11. The minimum absolute atomic E-state index is 0.655. The first-order valence-electron chi connectivity index (χ1n) is 16.2. The predicted octanol–water partition coefficient (Wildman–Crippen LogP) is 11.7. The Kier molecular flexibility index (Phi) is 6.80. The monoisotopic (exact) mass is 611 g/mol. The van der Waals surface area contributed by atoms with Gasteiger partial charge in [-0.1, -0.05) is 146 Å². The molecule has 0 bridgehead atoms. The predicted molar refractivity (Wildman–Crippen MR) is 200 cm³/mol. The van der Waals surface area contributed by atoms with Gasteiger partial charge in [-0.15, -0.1) is 0 Å². The molecule has 8 aromatic carbocycles. The molecule has 0 saturated carbocycles. The van der Waals surface area contributed by atoms with Crippen LogP contribution in [-0.2, 0) is 0 Å². The Morgan fingerprint density at radius 2 is 0.521 bits per heavy atom. The van der Waals surface area contributed by atoms with E-state index in [0.29, 0.717) is 17.5 Å². The van der Waals surface area contributed by atoms with Crippen molar-refractivity contribution in [3.8, 4) is 56.4 Å². The van der Waals surface area contributed by atoms with Crippen LogP contribution in [-0.4, -0.2) is 15.0 Å². The Bertz CT molecular complexity index is 2610. The molecule has 0 fully saturated rings. The van der Waals surface area contributed by atoms with Crippen LogP contribution in [0.3, 0.4) is 0 Å². The molecule has 0 N–H and O–H groups in total. The SMILES string of the molecule is c1ccc(-c2ccc3cc(-c4ccc5cc(-c6nc(-c7ccccc7)nc(-c7ccc8ccccc8c7)n6)ccc5c4)ccc3c2)cc1. The van der Waals surface area contributed by atoms with Crippen molar-refractivity contribution in [2.24, 2.45) is 0 Å². The standard InChI is InChI=1S/C45H29N3/c1-3-9-30(10-4-1)34-16-17-36-26-37(19-18-35(36)25-34)38-20-21-40-29-42(24-22-39(40)27-38)45-47-43(32-12-5-2-6-13-32)46-44(48-45)41-23-15-31-11-7-8-14-33(31)28-41/h1-29H. The highest BCUT2D eigenvalue weighted by Crippen LogP contribution is 2.32. The van der Waals surface area contributed by atoms with Gasteiger partial charge in [0.2, 0.25) is 0 Å². The lowest BCUT2D eigenvalue weighted by Crippen LogP contribution is -2.00. The third-order valence-electron chi connectivity index (χ3n) is 9.05. The quantitative estimate of drug-likeness (QED) is 0.194. The largest absolute Gasteiger partial charge is 0.208 e. The van der Waals surface area contributed by atoms with Gasteiger partial charge in [0.05, 0.1) is 0 Å². The van der Waals surface area contributed by atoms with E-state index in [0.717, 1.165) is 27.5 Å². The second-order valence-electron chi connectivity index (χ2n) is 12.2. The summed E-state index contributed by atoms with van der Waals surface area (Å²) in [6, 6.07) is 61.9. The fourth-order valence-corrected chi connectivity index (χ4v) is 6.48. The molecule has 3 heteroatoms. The van der Waals surface area contributed by atoms with Gasteiger partial charge in [-0.25, -0.2) is 15.0 Å². The lowest BCUT2D eigenvalue weighted by molar-refractivity contribution is 1.08. The Hall–Kier alpha value is -6.45. The van der Waals surface area contributed by atoms with Crippen LogP contribution in [0.25, 0.3) is 88.7 Å². The molecule has 0 amide bonds. The van der Waals surface area contributed by atoms with Crippen LogP contribution < -0.4 is 0 Å². The summed E-state index contributed by atoms with van der Waals surface area (Å²) in [6.45, 7) is 0. The zero-order chi connectivity index (χ0) is 31.9. The van der Waals surface area contributed by atoms with Gasteiger partial charge in [0.15, 0.2) is 17.5 Å². The summed E-state index contributed by atoms with van der Waals surface area (Å²) in [7, 11) is 0. The second-order valence-corrected chi connectivity index (χ2v) is 12.2. The number of hydrogen-bond donors (Lipinski definition) is 0. The zero-order valence-corrected chi connectivity index (χ0v) is 26.1. The minimum atomic E-state index is 0.655. The number of fused-ring (bicyclic) bond motifs is 3. The summed E-state index contributed by atoms with van der Waals surface area (Å²) in [5.41, 5.74) is 7.73. The number of benzene rings is 8. The van der Waals surface area contributed by atoms with Crippen molar-refractivity contribution in [3.05, 3.63) is 176 Å². The molecule has 0 unspecified atom stereocenters. The van der Waals surface area contributed by atoms with Crippen LogP contribution in [0.4, 0.5) is 0 Å². The summed E-state index contributed by atoms with van der Waals surface area (Å²) in [5, 5.41) is 7.12. The zero-order valence-electron chi connectivity index (χ0n) is 26.1. The lowest BCUT2D eigenvalue weighted by atomic mass is 9.96. The molecular formula is C45H29N3. The van der Waals surface area contributed by atoms with E-state index in [2.05, 4.69) is 146 Å². The van der Waals surface area contributed by atoms with Crippen molar-refractivity contribution in [1.29, 1.82) is 0 Å². The number of nitrogens with zero attached hydrogens (tertiary/aromatic N) is 3. The molecule has 0 radical (unpaired) electrons. The van der Waals surface area contributed by atoms with Crippen molar-refractivity contribution < 1.29 is 0 Å². The molecule has 0 aliphatic carbocycles. The molecule has 0 spiro atoms. The fourth-order valence-electron chi connectivity index (χ4n) is 6.48. The van der Waals surface area contributed by atoms with Gasteiger partial charge in [0.25, 0.3) is 0 Å². The van der Waals surface area contributed by atoms with Gasteiger partial charge in [-0.3, -0.25) is 0 Å². The van der Waals surface area contributed by atoms with Gasteiger partial charge in [0.1, 0.15) is 0 Å². The molecule has 0 saturated heterocycles. The second kappa shape index (κ2) is 11.7. The number of hydrogen-bond acceptors (Lipinski definition) is 3. The maximum atomic E-state index is 5.01. The Balaban J connectivity index is 1.08. The highest BCUT2D eigenvalue weighted by Gasteiger charge is 2.13.